The molecule has 0 amide bonds. The minimum Gasteiger partial charge on any atom is -0.360 e. The maximum absolute atomic E-state index is 14.5. The van der Waals surface area contributed by atoms with Crippen molar-refractivity contribution in [3.63, 3.8) is 0 Å². The normalized spacial score (nSPS) is 22.6. The molecule has 0 saturated carbocycles. The van der Waals surface area contributed by atoms with E-state index >= 15 is 0 Å². The second-order valence-electron chi connectivity index (χ2n) is 6.31. The van der Waals surface area contributed by atoms with Crippen molar-refractivity contribution >= 4 is 6.29 Å². The summed E-state index contributed by atoms with van der Waals surface area (Å²) < 4.78 is 24.5. The Bertz CT molecular complexity index is 1000. The fraction of sp³-hybridized carbons (Fsp3) is 0.250. The molecule has 5 nitrogen and oxygen atoms in total. The summed E-state index contributed by atoms with van der Waals surface area (Å²) in [4.78, 5) is 17.2. The first-order valence-electron chi connectivity index (χ1n) is 8.87. The lowest BCUT2D eigenvalue weighted by atomic mass is 9.99. The standard InChI is InChI=1S/C20H17FN4O/c21-17-9-15(10-22)3-6-18(17)24-7-8-25-19(11-23-20(25)12-24)16-4-1-14(13-26)2-5-16/h1-6,11,13,15H,7-9,12H2/i15D. The van der Waals surface area contributed by atoms with Gasteiger partial charge in [-0.15, -0.1) is 0 Å². The van der Waals surface area contributed by atoms with Crippen molar-refractivity contribution in [2.75, 3.05) is 6.54 Å². The number of fused-ring (bicyclic) bond motifs is 1. The van der Waals surface area contributed by atoms with Gasteiger partial charge in [-0.1, -0.05) is 30.3 Å². The number of carbonyl (C=O) groups is 1. The predicted octanol–water partition coefficient (Wildman–Crippen LogP) is 3.46. The molecule has 2 heterocycles. The largest absolute Gasteiger partial charge is 0.360 e. The van der Waals surface area contributed by atoms with Gasteiger partial charge in [0.05, 0.1) is 37.5 Å². The average Bonchev–Trinajstić information content (AvgIpc) is 3.11. The Kier molecular flexibility index (Phi) is 3.83. The molecule has 1 aromatic carbocycles. The Labute approximate surface area is 152 Å². The number of hydrogen-bond acceptors (Lipinski definition) is 4. The molecule has 0 spiro atoms. The van der Waals surface area contributed by atoms with Gasteiger partial charge >= 0.3 is 0 Å². The van der Waals surface area contributed by atoms with Crippen LogP contribution in [0.4, 0.5) is 4.39 Å². The fourth-order valence-corrected chi connectivity index (χ4v) is 3.37. The van der Waals surface area contributed by atoms with Crippen LogP contribution in [-0.2, 0) is 13.1 Å². The molecule has 26 heavy (non-hydrogen) atoms. The Balaban J connectivity index is 1.58. The zero-order valence-electron chi connectivity index (χ0n) is 15.0. The highest BCUT2D eigenvalue weighted by Gasteiger charge is 2.25. The van der Waals surface area contributed by atoms with Crippen molar-refractivity contribution in [3.05, 3.63) is 65.5 Å². The SMILES string of the molecule is [2H]C1(C#N)C=CC(N2CCn3c(-c4ccc(C=O)cc4)cnc3C2)=C(F)C1. The number of aromatic nitrogens is 2. The van der Waals surface area contributed by atoms with Crippen LogP contribution in [0.3, 0.4) is 0 Å². The maximum atomic E-state index is 14.5. The number of allylic oxidation sites excluding steroid dienone is 3. The van der Waals surface area contributed by atoms with E-state index in [4.69, 9.17) is 6.63 Å². The molecule has 2 aromatic rings. The highest BCUT2D eigenvalue weighted by atomic mass is 19.1. The van der Waals surface area contributed by atoms with Crippen LogP contribution in [0.1, 0.15) is 24.0 Å². The molecular formula is C20H17FN4O. The van der Waals surface area contributed by atoms with Gasteiger partial charge in [0, 0.05) is 25.1 Å². The molecule has 0 N–H and O–H groups in total. The topological polar surface area (TPSA) is 61.9 Å². The van der Waals surface area contributed by atoms with Crippen LogP contribution in [0.2, 0.25) is 0 Å². The summed E-state index contributed by atoms with van der Waals surface area (Å²) in [5, 5.41) is 9.01. The summed E-state index contributed by atoms with van der Waals surface area (Å²) in [5.74, 6) is -1.13. The number of imidazole rings is 1. The number of carbonyl (C=O) groups excluding carboxylic acids is 1. The number of halogens is 1. The lowest BCUT2D eigenvalue weighted by molar-refractivity contribution is 0.112. The van der Waals surface area contributed by atoms with Crippen LogP contribution in [0.15, 0.2) is 54.1 Å². The molecule has 130 valence electrons. The van der Waals surface area contributed by atoms with Gasteiger partial charge in [0.2, 0.25) is 0 Å². The van der Waals surface area contributed by atoms with Crippen molar-refractivity contribution < 1.29 is 10.6 Å². The third-order valence-corrected chi connectivity index (χ3v) is 4.76. The van der Waals surface area contributed by atoms with E-state index in [0.717, 1.165) is 23.4 Å². The smallest absolute Gasteiger partial charge is 0.150 e. The number of nitriles is 1. The third kappa shape index (κ3) is 2.82. The summed E-state index contributed by atoms with van der Waals surface area (Å²) >= 11 is 0. The summed E-state index contributed by atoms with van der Waals surface area (Å²) in [6.45, 7) is 1.71. The van der Waals surface area contributed by atoms with Gasteiger partial charge in [0.15, 0.2) is 0 Å². The van der Waals surface area contributed by atoms with Crippen molar-refractivity contribution in [2.45, 2.75) is 19.5 Å². The minimum absolute atomic E-state index is 0.228. The quantitative estimate of drug-likeness (QED) is 0.796. The van der Waals surface area contributed by atoms with E-state index in [0.29, 0.717) is 30.9 Å². The zero-order chi connectivity index (χ0) is 19.0. The monoisotopic (exact) mass is 349 g/mol. The van der Waals surface area contributed by atoms with Crippen LogP contribution in [-0.4, -0.2) is 27.3 Å². The van der Waals surface area contributed by atoms with Crippen LogP contribution in [0.5, 0.6) is 0 Å². The van der Waals surface area contributed by atoms with Crippen LogP contribution < -0.4 is 0 Å². The van der Waals surface area contributed by atoms with Gasteiger partial charge < -0.3 is 9.47 Å². The van der Waals surface area contributed by atoms with Crippen molar-refractivity contribution in [2.24, 2.45) is 5.89 Å². The van der Waals surface area contributed by atoms with Gasteiger partial charge in [-0.2, -0.15) is 5.26 Å². The average molecular weight is 349 g/mol. The Morgan fingerprint density at radius 1 is 1.35 bits per heavy atom. The molecule has 0 radical (unpaired) electrons. The van der Waals surface area contributed by atoms with E-state index in [-0.39, 0.29) is 6.42 Å². The lowest BCUT2D eigenvalue weighted by Crippen LogP contribution is -2.34. The Morgan fingerprint density at radius 3 is 2.85 bits per heavy atom. The lowest BCUT2D eigenvalue weighted by Gasteiger charge is -2.32. The third-order valence-electron chi connectivity index (χ3n) is 4.76. The highest BCUT2D eigenvalue weighted by molar-refractivity contribution is 5.76. The number of hydrogen-bond donors (Lipinski definition) is 0. The van der Waals surface area contributed by atoms with Crippen molar-refractivity contribution in [1.29, 1.82) is 5.26 Å². The molecular weight excluding hydrogens is 331 g/mol. The summed E-state index contributed by atoms with van der Waals surface area (Å²) in [5.41, 5.74) is 2.99. The number of aldehydes is 1. The highest BCUT2D eigenvalue weighted by Crippen LogP contribution is 2.30. The molecule has 0 fully saturated rings. The van der Waals surface area contributed by atoms with Crippen molar-refractivity contribution in [1.82, 2.24) is 14.5 Å². The Hall–Kier alpha value is -3.20. The number of nitrogens with zero attached hydrogens (tertiary/aromatic N) is 4. The van der Waals surface area contributed by atoms with E-state index < -0.39 is 11.7 Å². The minimum atomic E-state index is -1.53. The first-order valence-corrected chi connectivity index (χ1v) is 8.37. The van der Waals surface area contributed by atoms with E-state index in [1.54, 1.807) is 18.3 Å². The first kappa shape index (κ1) is 15.1. The Morgan fingerprint density at radius 2 is 2.15 bits per heavy atom. The van der Waals surface area contributed by atoms with Gasteiger partial charge in [-0.3, -0.25) is 4.79 Å². The molecule has 6 heteroatoms. The van der Waals surface area contributed by atoms with Crippen LogP contribution in [0.25, 0.3) is 11.3 Å². The zero-order valence-corrected chi connectivity index (χ0v) is 14.0. The molecule has 4 rings (SSSR count). The number of benzene rings is 1. The first-order chi connectivity index (χ1) is 13.0. The summed E-state index contributed by atoms with van der Waals surface area (Å²) in [6, 6.07) is 9.15. The van der Waals surface area contributed by atoms with Gasteiger partial charge in [-0.25, -0.2) is 9.37 Å². The molecule has 1 aliphatic carbocycles. The van der Waals surface area contributed by atoms with E-state index in [9.17, 15) is 9.18 Å². The number of rotatable bonds is 3. The van der Waals surface area contributed by atoms with E-state index in [2.05, 4.69) is 9.55 Å². The van der Waals surface area contributed by atoms with Gasteiger partial charge in [0.25, 0.3) is 0 Å². The molecule has 1 aromatic heterocycles. The van der Waals surface area contributed by atoms with Crippen LogP contribution >= 0.6 is 0 Å². The van der Waals surface area contributed by atoms with Gasteiger partial charge in [-0.05, 0) is 11.6 Å². The fourth-order valence-electron chi connectivity index (χ4n) is 3.37. The molecule has 1 aliphatic heterocycles. The van der Waals surface area contributed by atoms with Gasteiger partial charge in [0.1, 0.15) is 17.9 Å². The molecule has 2 aliphatic rings. The summed E-state index contributed by atoms with van der Waals surface area (Å²) in [6.07, 6.45) is 5.36. The van der Waals surface area contributed by atoms with E-state index in [1.807, 2.05) is 23.1 Å². The molecule has 1 atom stereocenters. The molecule has 1 unspecified atom stereocenters. The summed E-state index contributed by atoms with van der Waals surface area (Å²) in [7, 11) is 0. The maximum Gasteiger partial charge on any atom is 0.150 e. The van der Waals surface area contributed by atoms with E-state index in [1.165, 1.54) is 12.2 Å². The second-order valence-corrected chi connectivity index (χ2v) is 6.31. The molecule has 0 saturated heterocycles. The second kappa shape index (κ2) is 6.60. The van der Waals surface area contributed by atoms with Crippen LogP contribution in [0, 0.1) is 17.2 Å². The van der Waals surface area contributed by atoms with Crippen molar-refractivity contribution in [3.8, 4) is 17.3 Å². The molecule has 0 bridgehead atoms. The predicted molar refractivity (Wildman–Crippen MR) is 94.5 cm³/mol.